The molecule has 0 saturated carbocycles. The first-order valence-electron chi connectivity index (χ1n) is 10.3. The largest absolute Gasteiger partial charge is 0.465 e. The highest BCUT2D eigenvalue weighted by Gasteiger charge is 2.59. The van der Waals surface area contributed by atoms with Crippen molar-refractivity contribution in [3.63, 3.8) is 0 Å². The van der Waals surface area contributed by atoms with E-state index in [4.69, 9.17) is 5.73 Å². The molecule has 2 amide bonds. The molecule has 4 rings (SSSR count). The number of nitrogens with zero attached hydrogens (tertiary/aromatic N) is 5. The number of hydrogen-bond acceptors (Lipinski definition) is 7. The van der Waals surface area contributed by atoms with Crippen LogP contribution in [0.15, 0.2) is 24.5 Å². The number of pyridine rings is 1. The molecule has 2 aromatic rings. The third-order valence-electron chi connectivity index (χ3n) is 6.50. The molecular weight excluding hydrogens is 417 g/mol. The van der Waals surface area contributed by atoms with Gasteiger partial charge >= 0.3 is 6.09 Å². The highest BCUT2D eigenvalue weighted by atomic mass is 19.1. The minimum atomic E-state index is -0.949. The number of piperazine rings is 1. The van der Waals surface area contributed by atoms with Crippen molar-refractivity contribution in [3.8, 4) is 0 Å². The van der Waals surface area contributed by atoms with Gasteiger partial charge in [0.2, 0.25) is 5.95 Å². The van der Waals surface area contributed by atoms with Gasteiger partial charge in [-0.2, -0.15) is 4.98 Å². The molecule has 2 atom stereocenters. The Balaban J connectivity index is 1.60. The van der Waals surface area contributed by atoms with Gasteiger partial charge in [0.1, 0.15) is 5.82 Å². The van der Waals surface area contributed by atoms with Crippen LogP contribution in [-0.4, -0.2) is 61.6 Å². The van der Waals surface area contributed by atoms with Crippen LogP contribution in [0.4, 0.5) is 26.6 Å². The van der Waals surface area contributed by atoms with Crippen LogP contribution in [0.2, 0.25) is 0 Å². The summed E-state index contributed by atoms with van der Waals surface area (Å²) in [7, 11) is 0. The fourth-order valence-electron chi connectivity index (χ4n) is 4.86. The fourth-order valence-corrected chi connectivity index (χ4v) is 4.86. The van der Waals surface area contributed by atoms with E-state index < -0.39 is 29.1 Å². The third-order valence-corrected chi connectivity index (χ3v) is 6.50. The maximum atomic E-state index is 14.0. The van der Waals surface area contributed by atoms with Crippen molar-refractivity contribution < 1.29 is 19.1 Å². The van der Waals surface area contributed by atoms with Gasteiger partial charge in [-0.15, -0.1) is 0 Å². The number of primary amides is 1. The van der Waals surface area contributed by atoms with Gasteiger partial charge in [-0.05, 0) is 24.3 Å². The van der Waals surface area contributed by atoms with Crippen molar-refractivity contribution in [1.82, 2.24) is 19.9 Å². The summed E-state index contributed by atoms with van der Waals surface area (Å²) in [6.45, 7) is 7.25. The molecule has 2 aliphatic rings. The Morgan fingerprint density at radius 3 is 2.72 bits per heavy atom. The monoisotopic (exact) mass is 443 g/mol. The number of halogens is 1. The molecule has 2 aliphatic heterocycles. The average molecular weight is 443 g/mol. The van der Waals surface area contributed by atoms with E-state index in [9.17, 15) is 19.1 Å². The van der Waals surface area contributed by atoms with Gasteiger partial charge in [-0.3, -0.25) is 9.69 Å². The number of hydrogen-bond donors (Lipinski definition) is 3. The predicted molar refractivity (Wildman–Crippen MR) is 115 cm³/mol. The van der Waals surface area contributed by atoms with E-state index in [0.717, 1.165) is 18.9 Å². The molecule has 2 aromatic heterocycles. The van der Waals surface area contributed by atoms with Crippen molar-refractivity contribution >= 4 is 29.5 Å². The van der Waals surface area contributed by atoms with E-state index in [-0.39, 0.29) is 23.1 Å². The van der Waals surface area contributed by atoms with Crippen LogP contribution in [0.5, 0.6) is 0 Å². The zero-order valence-corrected chi connectivity index (χ0v) is 18.2. The van der Waals surface area contributed by atoms with Crippen LogP contribution in [-0.2, 0) is 0 Å². The van der Waals surface area contributed by atoms with Crippen molar-refractivity contribution in [2.75, 3.05) is 23.3 Å². The number of anilines is 3. The van der Waals surface area contributed by atoms with E-state index in [1.165, 1.54) is 6.20 Å². The summed E-state index contributed by atoms with van der Waals surface area (Å²) in [4.78, 5) is 39.4. The summed E-state index contributed by atoms with van der Waals surface area (Å²) < 4.78 is 14.0. The normalized spacial score (nSPS) is 22.7. The van der Waals surface area contributed by atoms with Crippen molar-refractivity contribution in [1.29, 1.82) is 0 Å². The molecule has 2 bridgehead atoms. The van der Waals surface area contributed by atoms with Gasteiger partial charge in [-0.1, -0.05) is 20.8 Å². The standard InChI is InChI=1S/C21H26FN7O3/c1-20(2,3)21-6-4-13(29(21)19(31)32)10-28(11-21)15-5-7-24-18(27-15)26-12-8-14(22)16(17(23)30)25-9-12/h5,7-9,13H,4,6,10-11H2,1-3H3,(H2,23,30)(H,31,32)(H,24,26,27). The number of fused-ring (bicyclic) bond motifs is 2. The van der Waals surface area contributed by atoms with Crippen LogP contribution in [0.1, 0.15) is 44.1 Å². The molecule has 0 spiro atoms. The van der Waals surface area contributed by atoms with Crippen LogP contribution in [0.3, 0.4) is 0 Å². The summed E-state index contributed by atoms with van der Waals surface area (Å²) >= 11 is 0. The maximum Gasteiger partial charge on any atom is 0.408 e. The number of nitrogens with one attached hydrogen (secondary N) is 1. The van der Waals surface area contributed by atoms with E-state index in [2.05, 4.69) is 45.9 Å². The third kappa shape index (κ3) is 3.57. The van der Waals surface area contributed by atoms with Crippen LogP contribution >= 0.6 is 0 Å². The van der Waals surface area contributed by atoms with Gasteiger partial charge < -0.3 is 21.1 Å². The number of rotatable bonds is 4. The highest BCUT2D eigenvalue weighted by Crippen LogP contribution is 2.49. The van der Waals surface area contributed by atoms with Crippen LogP contribution < -0.4 is 16.0 Å². The van der Waals surface area contributed by atoms with E-state index >= 15 is 0 Å². The first-order valence-corrected chi connectivity index (χ1v) is 10.3. The number of nitrogens with two attached hydrogens (primary N) is 1. The maximum absolute atomic E-state index is 14.0. The van der Waals surface area contributed by atoms with Crippen molar-refractivity contribution in [3.05, 3.63) is 36.0 Å². The van der Waals surface area contributed by atoms with Gasteiger partial charge in [0.15, 0.2) is 11.5 Å². The molecule has 10 nitrogen and oxygen atoms in total. The zero-order chi connectivity index (χ0) is 23.3. The van der Waals surface area contributed by atoms with Gasteiger partial charge in [-0.25, -0.2) is 19.2 Å². The molecule has 32 heavy (non-hydrogen) atoms. The summed E-state index contributed by atoms with van der Waals surface area (Å²) in [6, 6.07) is 2.75. The molecule has 4 N–H and O–H groups in total. The Kier molecular flexibility index (Phi) is 5.14. The number of aromatic nitrogens is 3. The lowest BCUT2D eigenvalue weighted by molar-refractivity contribution is 0.00525. The molecule has 0 radical (unpaired) electrons. The quantitative estimate of drug-likeness (QED) is 0.656. The number of carboxylic acid groups (broad SMARTS) is 1. The SMILES string of the molecule is CC(C)(C)C12CCC(CN(c3ccnc(Nc4cnc(C(N)=O)c(F)c4)n3)C1)N2C(=O)O. The second kappa shape index (κ2) is 7.57. The fraction of sp³-hybridized carbons (Fsp3) is 0.476. The minimum absolute atomic E-state index is 0.119. The van der Waals surface area contributed by atoms with Crippen molar-refractivity contribution in [2.45, 2.75) is 45.2 Å². The smallest absolute Gasteiger partial charge is 0.408 e. The summed E-state index contributed by atoms with van der Waals surface area (Å²) in [5.74, 6) is -0.911. The molecule has 0 aliphatic carbocycles. The lowest BCUT2D eigenvalue weighted by Crippen LogP contribution is -2.68. The first-order chi connectivity index (χ1) is 15.0. The van der Waals surface area contributed by atoms with E-state index in [1.807, 2.05) is 0 Å². The summed E-state index contributed by atoms with van der Waals surface area (Å²) in [5, 5.41) is 12.8. The van der Waals surface area contributed by atoms with E-state index in [0.29, 0.717) is 18.9 Å². The van der Waals surface area contributed by atoms with Crippen LogP contribution in [0.25, 0.3) is 0 Å². The molecule has 0 aromatic carbocycles. The van der Waals surface area contributed by atoms with Crippen molar-refractivity contribution in [2.24, 2.45) is 11.1 Å². The van der Waals surface area contributed by atoms with Gasteiger partial charge in [0.05, 0.1) is 23.5 Å². The van der Waals surface area contributed by atoms with Gasteiger partial charge in [0, 0.05) is 25.4 Å². The second-order valence-corrected chi connectivity index (χ2v) is 9.29. The minimum Gasteiger partial charge on any atom is -0.465 e. The Morgan fingerprint density at radius 1 is 1.34 bits per heavy atom. The molecule has 2 fully saturated rings. The molecule has 2 unspecified atom stereocenters. The molecule has 4 heterocycles. The lowest BCUT2D eigenvalue weighted by atomic mass is 9.71. The molecule has 170 valence electrons. The Bertz CT molecular complexity index is 1070. The zero-order valence-electron chi connectivity index (χ0n) is 18.2. The second-order valence-electron chi connectivity index (χ2n) is 9.29. The summed E-state index contributed by atoms with van der Waals surface area (Å²) in [5.41, 5.74) is 4.12. The molecule has 11 heteroatoms. The average Bonchev–Trinajstić information content (AvgIpc) is 2.96. The van der Waals surface area contributed by atoms with E-state index in [1.54, 1.807) is 17.2 Å². The lowest BCUT2D eigenvalue weighted by Gasteiger charge is -2.54. The van der Waals surface area contributed by atoms with Gasteiger partial charge in [0.25, 0.3) is 5.91 Å². The molecular formula is C21H26FN7O3. The van der Waals surface area contributed by atoms with Crippen LogP contribution in [0, 0.1) is 11.2 Å². The Labute approximate surface area is 184 Å². The topological polar surface area (TPSA) is 138 Å². The Morgan fingerprint density at radius 2 is 2.09 bits per heavy atom. The number of amides is 2. The number of carbonyl (C=O) groups is 2. The predicted octanol–water partition coefficient (Wildman–Crippen LogP) is 2.60. The highest BCUT2D eigenvalue weighted by molar-refractivity contribution is 5.91. The summed E-state index contributed by atoms with van der Waals surface area (Å²) in [6.07, 6.45) is 3.56. The molecule has 2 saturated heterocycles. The first kappa shape index (κ1) is 21.7. The number of carbonyl (C=O) groups excluding carboxylic acids is 1. The Hall–Kier alpha value is -3.50.